The molecule has 3 amide bonds. The lowest BCUT2D eigenvalue weighted by Gasteiger charge is -2.35. The highest BCUT2D eigenvalue weighted by atomic mass is 32.2. The number of ether oxygens (including phenoxy) is 2. The third-order valence-electron chi connectivity index (χ3n) is 13.3. The van der Waals surface area contributed by atoms with Gasteiger partial charge in [-0.25, -0.2) is 13.4 Å². The molecule has 2 aliphatic heterocycles. The Labute approximate surface area is 354 Å². The Hall–Kier alpha value is -4.75. The van der Waals surface area contributed by atoms with E-state index in [1.165, 1.54) is 0 Å². The van der Waals surface area contributed by atoms with E-state index in [0.717, 1.165) is 67.9 Å². The van der Waals surface area contributed by atoms with Crippen LogP contribution in [-0.2, 0) is 24.4 Å². The molecule has 0 spiro atoms. The molecule has 2 aromatic carbocycles. The van der Waals surface area contributed by atoms with Crippen LogP contribution in [0.5, 0.6) is 11.5 Å². The largest absolute Gasteiger partial charge is 0.496 e. The summed E-state index contributed by atoms with van der Waals surface area (Å²) in [4.78, 5) is 50.2. The fourth-order valence-corrected chi connectivity index (χ4v) is 10.9. The normalized spacial score (nSPS) is 27.9. The number of pyridine rings is 1. The van der Waals surface area contributed by atoms with Crippen molar-refractivity contribution < 1.29 is 32.3 Å². The monoisotopic (exact) mass is 837 g/mol. The molecule has 12 nitrogen and oxygen atoms in total. The predicted octanol–water partition coefficient (Wildman–Crippen LogP) is 6.69. The maximum atomic E-state index is 15.1. The highest BCUT2D eigenvalue weighted by molar-refractivity contribution is 7.91. The summed E-state index contributed by atoms with van der Waals surface area (Å²) < 4.78 is 40.9. The fraction of sp³-hybridized carbons (Fsp3) is 0.532. The number of aromatic nitrogens is 1. The standard InChI is InChI=1S/C47H59N5O7S/c1-5-33-28-47(33,45(55)51-60(56,57)35-19-20-35)50-43(53)39-25-34-29-52(39)44(54)42(31-16-10-7-11-17-31)48-23-13-22-46(2,3)21-12-18-32-24-36-38(27-40(32)58-4)49-37(26-41(36)59-34)30-14-8-6-9-15-30/h5-6,8-9,12,14-15,18,24,26-27,31,33-35,39,42,48H,1,7,10-11,13,16-17,19-23,25,28-29H2,2-4H3,(H,50,53)(H,51,55)/b18-12+/t33-,34+,39-,42+,47+/m0/s1. The summed E-state index contributed by atoms with van der Waals surface area (Å²) in [7, 11) is -2.22. The van der Waals surface area contributed by atoms with Gasteiger partial charge in [-0.15, -0.1) is 6.58 Å². The Morgan fingerprint density at radius 3 is 2.52 bits per heavy atom. The summed E-state index contributed by atoms with van der Waals surface area (Å²) in [5.41, 5.74) is 1.67. The number of rotatable bonds is 9. The van der Waals surface area contributed by atoms with E-state index in [1.54, 1.807) is 18.1 Å². The van der Waals surface area contributed by atoms with Gasteiger partial charge in [0.1, 0.15) is 29.2 Å². The predicted molar refractivity (Wildman–Crippen MR) is 233 cm³/mol. The number of fused-ring (bicyclic) bond motifs is 3. The van der Waals surface area contributed by atoms with Gasteiger partial charge in [-0.3, -0.25) is 19.1 Å². The molecule has 1 saturated heterocycles. The molecule has 3 N–H and O–H groups in total. The highest BCUT2D eigenvalue weighted by Gasteiger charge is 2.62. The third-order valence-corrected chi connectivity index (χ3v) is 15.2. The Morgan fingerprint density at radius 1 is 1.05 bits per heavy atom. The maximum Gasteiger partial charge on any atom is 0.259 e. The first-order valence-electron chi connectivity index (χ1n) is 21.8. The molecule has 3 aliphatic carbocycles. The Kier molecular flexibility index (Phi) is 11.9. The quantitative estimate of drug-likeness (QED) is 0.200. The number of nitrogens with zero attached hydrogens (tertiary/aromatic N) is 2. The van der Waals surface area contributed by atoms with Crippen LogP contribution in [0.15, 0.2) is 67.3 Å². The summed E-state index contributed by atoms with van der Waals surface area (Å²) >= 11 is 0. The van der Waals surface area contributed by atoms with Gasteiger partial charge in [0, 0.05) is 41.0 Å². The van der Waals surface area contributed by atoms with Crippen LogP contribution in [-0.4, -0.2) is 85.2 Å². The van der Waals surface area contributed by atoms with Crippen molar-refractivity contribution in [3.05, 3.63) is 72.8 Å². The number of benzene rings is 2. The number of carbonyl (C=O) groups is 3. The topological polar surface area (TPSA) is 156 Å². The lowest BCUT2D eigenvalue weighted by atomic mass is 9.82. The minimum Gasteiger partial charge on any atom is -0.496 e. The molecule has 1 aromatic heterocycles. The molecule has 5 atom stereocenters. The zero-order valence-electron chi connectivity index (χ0n) is 35.1. The first-order chi connectivity index (χ1) is 28.8. The summed E-state index contributed by atoms with van der Waals surface area (Å²) in [5, 5.41) is 6.79. The zero-order valence-corrected chi connectivity index (χ0v) is 35.9. The molecule has 3 aromatic rings. The minimum atomic E-state index is -3.87. The van der Waals surface area contributed by atoms with E-state index >= 15 is 4.79 Å². The number of carbonyl (C=O) groups excluding carboxylic acids is 3. The number of methoxy groups -OCH3 is 1. The molecule has 4 fully saturated rings. The molecule has 8 rings (SSSR count). The first kappa shape index (κ1) is 42.0. The highest BCUT2D eigenvalue weighted by Crippen LogP contribution is 2.46. The Balaban J connectivity index is 1.18. The number of hydrogen-bond donors (Lipinski definition) is 3. The van der Waals surface area contributed by atoms with Gasteiger partial charge in [0.25, 0.3) is 5.91 Å². The van der Waals surface area contributed by atoms with E-state index in [2.05, 4.69) is 47.9 Å². The summed E-state index contributed by atoms with van der Waals surface area (Å²) in [6.45, 7) is 9.18. The van der Waals surface area contributed by atoms with Crippen LogP contribution in [0.2, 0.25) is 0 Å². The lowest BCUT2D eigenvalue weighted by Crippen LogP contribution is -2.59. The molecule has 4 bridgehead atoms. The second kappa shape index (κ2) is 17.0. The van der Waals surface area contributed by atoms with Crippen LogP contribution < -0.4 is 24.8 Å². The smallest absolute Gasteiger partial charge is 0.259 e. The number of sulfonamides is 1. The second-order valence-corrected chi connectivity index (χ2v) is 20.3. The van der Waals surface area contributed by atoms with Crippen LogP contribution in [0.25, 0.3) is 28.2 Å². The van der Waals surface area contributed by atoms with Gasteiger partial charge in [-0.05, 0) is 75.3 Å². The summed E-state index contributed by atoms with van der Waals surface area (Å²) in [6, 6.07) is 14.2. The van der Waals surface area contributed by atoms with Crippen LogP contribution in [0.3, 0.4) is 0 Å². The van der Waals surface area contributed by atoms with E-state index in [4.69, 9.17) is 14.5 Å². The molecule has 3 heterocycles. The molecule has 320 valence electrons. The van der Waals surface area contributed by atoms with Gasteiger partial charge >= 0.3 is 0 Å². The SMILES string of the molecule is C=C[C@H]1C[C@]1(NC(=O)[C@@H]1C[C@@H]2CN1C(=O)[C@@H](C1CCCCC1)NCCCC(C)(C)C/C=C/c1cc3c(cc(-c4ccccc4)nc3cc1OC)O2)C(=O)NS(=O)(=O)C1CC1. The number of amides is 3. The van der Waals surface area contributed by atoms with E-state index in [0.29, 0.717) is 42.1 Å². The van der Waals surface area contributed by atoms with Crippen molar-refractivity contribution in [3.8, 4) is 22.8 Å². The van der Waals surface area contributed by atoms with Gasteiger partial charge in [-0.1, -0.05) is 81.7 Å². The number of allylic oxidation sites excluding steroid dienone is 1. The van der Waals surface area contributed by atoms with Crippen LogP contribution in [0.4, 0.5) is 0 Å². The molecule has 60 heavy (non-hydrogen) atoms. The van der Waals surface area contributed by atoms with Crippen molar-refractivity contribution in [1.29, 1.82) is 0 Å². The third kappa shape index (κ3) is 8.84. The van der Waals surface area contributed by atoms with Gasteiger partial charge in [0.2, 0.25) is 21.8 Å². The van der Waals surface area contributed by atoms with Crippen molar-refractivity contribution in [2.24, 2.45) is 17.3 Å². The summed E-state index contributed by atoms with van der Waals surface area (Å²) in [5.74, 6) is -0.544. The van der Waals surface area contributed by atoms with Crippen LogP contribution in [0.1, 0.15) is 96.5 Å². The Bertz CT molecular complexity index is 2270. The lowest BCUT2D eigenvalue weighted by molar-refractivity contribution is -0.142. The van der Waals surface area contributed by atoms with E-state index < -0.39 is 56.7 Å². The van der Waals surface area contributed by atoms with Gasteiger partial charge in [0.05, 0.1) is 36.2 Å². The molecular weight excluding hydrogens is 779 g/mol. The molecular formula is C47H59N5O7S. The fourth-order valence-electron chi connectivity index (χ4n) is 9.51. The van der Waals surface area contributed by atoms with Crippen molar-refractivity contribution in [3.63, 3.8) is 0 Å². The van der Waals surface area contributed by atoms with Gasteiger partial charge in [-0.2, -0.15) is 0 Å². The molecule has 13 heteroatoms. The van der Waals surface area contributed by atoms with E-state index in [-0.39, 0.29) is 36.6 Å². The van der Waals surface area contributed by atoms with Crippen molar-refractivity contribution in [2.45, 2.75) is 120 Å². The number of hydrogen-bond acceptors (Lipinski definition) is 9. The Morgan fingerprint density at radius 2 is 1.82 bits per heavy atom. The average molecular weight is 838 g/mol. The maximum absolute atomic E-state index is 15.1. The van der Waals surface area contributed by atoms with Crippen molar-refractivity contribution in [2.75, 3.05) is 20.2 Å². The second-order valence-electron chi connectivity index (χ2n) is 18.4. The summed E-state index contributed by atoms with van der Waals surface area (Å²) in [6.07, 6.45) is 14.3. The van der Waals surface area contributed by atoms with Crippen LogP contribution >= 0.6 is 0 Å². The number of nitrogens with one attached hydrogen (secondary N) is 3. The van der Waals surface area contributed by atoms with Crippen LogP contribution in [0, 0.1) is 17.3 Å². The minimum absolute atomic E-state index is 0.00381. The van der Waals surface area contributed by atoms with Gasteiger partial charge < -0.3 is 25.0 Å². The van der Waals surface area contributed by atoms with Crippen molar-refractivity contribution in [1.82, 2.24) is 25.2 Å². The molecule has 0 radical (unpaired) electrons. The average Bonchev–Trinajstić information content (AvgIpc) is 4.17. The molecule has 5 aliphatic rings. The van der Waals surface area contributed by atoms with Gasteiger partial charge in [0.15, 0.2) is 0 Å². The zero-order chi connectivity index (χ0) is 42.2. The van der Waals surface area contributed by atoms with E-state index in [9.17, 15) is 18.0 Å². The van der Waals surface area contributed by atoms with Crippen molar-refractivity contribution >= 4 is 44.7 Å². The van der Waals surface area contributed by atoms with E-state index in [1.807, 2.05) is 48.5 Å². The molecule has 3 saturated carbocycles. The molecule has 0 unspecified atom stereocenters. The first-order valence-corrected chi connectivity index (χ1v) is 23.3.